The number of hydrogen-bond acceptors (Lipinski definition) is 3. The summed E-state index contributed by atoms with van der Waals surface area (Å²) in [7, 11) is 1.35. The van der Waals surface area contributed by atoms with Crippen molar-refractivity contribution in [2.24, 2.45) is 0 Å². The molecule has 2 aromatic carbocycles. The summed E-state index contributed by atoms with van der Waals surface area (Å²) in [5.41, 5.74) is 2.43. The van der Waals surface area contributed by atoms with E-state index >= 15 is 0 Å². The summed E-state index contributed by atoms with van der Waals surface area (Å²) in [6, 6.07) is 14.8. The molecule has 0 aliphatic carbocycles. The molecule has 0 bridgehead atoms. The van der Waals surface area contributed by atoms with Crippen molar-refractivity contribution in [2.75, 3.05) is 7.11 Å². The Kier molecular flexibility index (Phi) is 3.63. The van der Waals surface area contributed by atoms with E-state index in [1.54, 1.807) is 6.07 Å². The Balaban J connectivity index is 2.28. The first-order valence-corrected chi connectivity index (χ1v) is 5.65. The van der Waals surface area contributed by atoms with Crippen molar-refractivity contribution in [1.29, 1.82) is 0 Å². The molecule has 2 aromatic rings. The molecule has 0 saturated carbocycles. The maximum Gasteiger partial charge on any atom is 0.309 e. The molecule has 0 atom stereocenters. The highest BCUT2D eigenvalue weighted by molar-refractivity contribution is 5.75. The minimum Gasteiger partial charge on any atom is -0.507 e. The molecule has 0 heterocycles. The second-order valence-corrected chi connectivity index (χ2v) is 3.97. The van der Waals surface area contributed by atoms with Gasteiger partial charge in [-0.05, 0) is 17.2 Å². The number of phenols is 1. The summed E-state index contributed by atoms with van der Waals surface area (Å²) >= 11 is 0. The zero-order valence-electron chi connectivity index (χ0n) is 10.1. The van der Waals surface area contributed by atoms with Crippen molar-refractivity contribution >= 4 is 5.97 Å². The lowest BCUT2D eigenvalue weighted by Gasteiger charge is -2.07. The molecule has 92 valence electrons. The van der Waals surface area contributed by atoms with Gasteiger partial charge in [0, 0.05) is 5.56 Å². The number of ether oxygens (including phenoxy) is 1. The molecular formula is C15H14O3. The maximum atomic E-state index is 11.1. The van der Waals surface area contributed by atoms with Crippen molar-refractivity contribution in [3.63, 3.8) is 0 Å². The maximum absolute atomic E-state index is 11.1. The Morgan fingerprint density at radius 1 is 1.17 bits per heavy atom. The Labute approximate surface area is 106 Å². The Morgan fingerprint density at radius 2 is 1.89 bits per heavy atom. The van der Waals surface area contributed by atoms with E-state index in [0.717, 1.165) is 16.7 Å². The Morgan fingerprint density at radius 3 is 2.50 bits per heavy atom. The Hall–Kier alpha value is -2.29. The smallest absolute Gasteiger partial charge is 0.309 e. The SMILES string of the molecule is COC(=O)Cc1ccc(-c2ccccc2)c(O)c1. The third-order valence-corrected chi connectivity index (χ3v) is 2.72. The van der Waals surface area contributed by atoms with Gasteiger partial charge >= 0.3 is 5.97 Å². The molecule has 0 radical (unpaired) electrons. The van der Waals surface area contributed by atoms with Crippen molar-refractivity contribution < 1.29 is 14.6 Å². The third-order valence-electron chi connectivity index (χ3n) is 2.72. The zero-order valence-corrected chi connectivity index (χ0v) is 10.1. The predicted octanol–water partition coefficient (Wildman–Crippen LogP) is 2.77. The molecule has 0 fully saturated rings. The van der Waals surface area contributed by atoms with E-state index in [-0.39, 0.29) is 18.1 Å². The number of aromatic hydroxyl groups is 1. The molecule has 3 heteroatoms. The van der Waals surface area contributed by atoms with Gasteiger partial charge in [-0.1, -0.05) is 42.5 Å². The molecule has 0 aliphatic heterocycles. The monoisotopic (exact) mass is 242 g/mol. The van der Waals surface area contributed by atoms with Crippen LogP contribution >= 0.6 is 0 Å². The van der Waals surface area contributed by atoms with Crippen molar-refractivity contribution in [3.05, 3.63) is 54.1 Å². The fourth-order valence-corrected chi connectivity index (χ4v) is 1.79. The van der Waals surface area contributed by atoms with Crippen LogP contribution in [-0.4, -0.2) is 18.2 Å². The van der Waals surface area contributed by atoms with Gasteiger partial charge < -0.3 is 9.84 Å². The third kappa shape index (κ3) is 2.69. The standard InChI is InChI=1S/C15H14O3/c1-18-15(17)10-11-7-8-13(14(16)9-11)12-5-3-2-4-6-12/h2-9,16H,10H2,1H3. The highest BCUT2D eigenvalue weighted by Gasteiger charge is 2.08. The molecule has 0 amide bonds. The molecule has 3 nitrogen and oxygen atoms in total. The number of hydrogen-bond donors (Lipinski definition) is 1. The van der Waals surface area contributed by atoms with Crippen LogP contribution in [0.3, 0.4) is 0 Å². The summed E-state index contributed by atoms with van der Waals surface area (Å²) in [6.07, 6.45) is 0.166. The van der Waals surface area contributed by atoms with Crippen LogP contribution in [0.25, 0.3) is 11.1 Å². The molecule has 0 spiro atoms. The number of benzene rings is 2. The van der Waals surface area contributed by atoms with E-state index in [9.17, 15) is 9.90 Å². The van der Waals surface area contributed by atoms with Crippen molar-refractivity contribution in [2.45, 2.75) is 6.42 Å². The van der Waals surface area contributed by atoms with Crippen molar-refractivity contribution in [1.82, 2.24) is 0 Å². The fourth-order valence-electron chi connectivity index (χ4n) is 1.79. The minimum absolute atomic E-state index is 0.166. The van der Waals surface area contributed by atoms with E-state index in [1.165, 1.54) is 7.11 Å². The van der Waals surface area contributed by atoms with E-state index < -0.39 is 0 Å². The summed E-state index contributed by atoms with van der Waals surface area (Å²) in [6.45, 7) is 0. The van der Waals surface area contributed by atoms with E-state index in [2.05, 4.69) is 4.74 Å². The molecule has 0 aliphatic rings. The van der Waals surface area contributed by atoms with Gasteiger partial charge in [-0.15, -0.1) is 0 Å². The average Bonchev–Trinajstić information content (AvgIpc) is 2.40. The first-order chi connectivity index (χ1) is 8.70. The van der Waals surface area contributed by atoms with E-state index in [1.807, 2.05) is 42.5 Å². The topological polar surface area (TPSA) is 46.5 Å². The number of esters is 1. The molecule has 0 saturated heterocycles. The summed E-state index contributed by atoms with van der Waals surface area (Å²) in [4.78, 5) is 11.1. The predicted molar refractivity (Wildman–Crippen MR) is 69.3 cm³/mol. The van der Waals surface area contributed by atoms with Crippen LogP contribution in [0, 0.1) is 0 Å². The van der Waals surface area contributed by atoms with Gasteiger partial charge in [-0.3, -0.25) is 4.79 Å². The minimum atomic E-state index is -0.318. The van der Waals surface area contributed by atoms with Gasteiger partial charge in [-0.2, -0.15) is 0 Å². The van der Waals surface area contributed by atoms with Gasteiger partial charge in [0.15, 0.2) is 0 Å². The largest absolute Gasteiger partial charge is 0.507 e. The molecule has 2 rings (SSSR count). The van der Waals surface area contributed by atoms with Crippen LogP contribution < -0.4 is 0 Å². The lowest BCUT2D eigenvalue weighted by Crippen LogP contribution is -2.04. The van der Waals surface area contributed by atoms with Crippen LogP contribution in [0.1, 0.15) is 5.56 Å². The van der Waals surface area contributed by atoms with E-state index in [4.69, 9.17) is 0 Å². The number of methoxy groups -OCH3 is 1. The summed E-state index contributed by atoms with van der Waals surface area (Å²) < 4.78 is 4.59. The number of carbonyl (C=O) groups is 1. The number of phenolic OH excluding ortho intramolecular Hbond substituents is 1. The van der Waals surface area contributed by atoms with Crippen LogP contribution in [0.15, 0.2) is 48.5 Å². The number of carbonyl (C=O) groups excluding carboxylic acids is 1. The van der Waals surface area contributed by atoms with Crippen LogP contribution in [-0.2, 0) is 16.0 Å². The second kappa shape index (κ2) is 5.36. The molecule has 18 heavy (non-hydrogen) atoms. The molecule has 0 aromatic heterocycles. The number of rotatable bonds is 3. The highest BCUT2D eigenvalue weighted by Crippen LogP contribution is 2.29. The van der Waals surface area contributed by atoms with E-state index in [0.29, 0.717) is 0 Å². The second-order valence-electron chi connectivity index (χ2n) is 3.97. The first-order valence-electron chi connectivity index (χ1n) is 5.65. The average molecular weight is 242 g/mol. The van der Waals surface area contributed by atoms with Crippen LogP contribution in [0.4, 0.5) is 0 Å². The molecule has 0 unspecified atom stereocenters. The quantitative estimate of drug-likeness (QED) is 0.842. The first kappa shape index (κ1) is 12.2. The summed E-state index contributed by atoms with van der Waals surface area (Å²) in [5, 5.41) is 9.98. The van der Waals surface area contributed by atoms with Gasteiger partial charge in [0.1, 0.15) is 5.75 Å². The van der Waals surface area contributed by atoms with Gasteiger partial charge in [0.25, 0.3) is 0 Å². The normalized spacial score (nSPS) is 10.1. The molecular weight excluding hydrogens is 228 g/mol. The molecule has 1 N–H and O–H groups in total. The lowest BCUT2D eigenvalue weighted by molar-refractivity contribution is -0.139. The van der Waals surface area contributed by atoms with Crippen LogP contribution in [0.2, 0.25) is 0 Å². The lowest BCUT2D eigenvalue weighted by atomic mass is 10.0. The van der Waals surface area contributed by atoms with Crippen LogP contribution in [0.5, 0.6) is 5.75 Å². The van der Waals surface area contributed by atoms with Crippen molar-refractivity contribution in [3.8, 4) is 16.9 Å². The Bertz CT molecular complexity index is 547. The highest BCUT2D eigenvalue weighted by atomic mass is 16.5. The zero-order chi connectivity index (χ0) is 13.0. The van der Waals surface area contributed by atoms with Gasteiger partial charge in [0.2, 0.25) is 0 Å². The fraction of sp³-hybridized carbons (Fsp3) is 0.133. The summed E-state index contributed by atoms with van der Waals surface area (Å²) in [5.74, 6) is -0.149. The van der Waals surface area contributed by atoms with Gasteiger partial charge in [-0.25, -0.2) is 0 Å². The van der Waals surface area contributed by atoms with Gasteiger partial charge in [0.05, 0.1) is 13.5 Å².